The third-order valence-electron chi connectivity index (χ3n) is 3.32. The molecule has 1 aliphatic rings. The fraction of sp³-hybridized carbons (Fsp3) is 0.412. The zero-order valence-corrected chi connectivity index (χ0v) is 12.3. The predicted molar refractivity (Wildman–Crippen MR) is 80.5 cm³/mol. The highest BCUT2D eigenvalue weighted by atomic mass is 16.7. The summed E-state index contributed by atoms with van der Waals surface area (Å²) in [5, 5.41) is 20.3. The van der Waals surface area contributed by atoms with E-state index < -0.39 is 30.7 Å². The van der Waals surface area contributed by atoms with Gasteiger partial charge in [0, 0.05) is 0 Å². The van der Waals surface area contributed by atoms with E-state index in [2.05, 4.69) is 5.92 Å². The predicted octanol–water partition coefficient (Wildman–Crippen LogP) is 1.37. The number of aliphatic hydroxyl groups excluding tert-OH is 2. The standard InChI is InChI=1S/C17H20O5/c1-3-10-20-17-15(19)16(13(18)11-21-17)22-14(4-2)12-8-6-5-7-9-12/h2-3,5-10,13-19H,11H2,1H3/b10-3+/t13-,14-,15+,16+,17+/m1/s1. The minimum atomic E-state index is -1.15. The van der Waals surface area contributed by atoms with Crippen molar-refractivity contribution in [1.82, 2.24) is 0 Å². The molecular weight excluding hydrogens is 284 g/mol. The first-order chi connectivity index (χ1) is 10.7. The van der Waals surface area contributed by atoms with Gasteiger partial charge in [-0.05, 0) is 12.5 Å². The first kappa shape index (κ1) is 16.5. The van der Waals surface area contributed by atoms with Crippen LogP contribution in [0, 0.1) is 12.3 Å². The van der Waals surface area contributed by atoms with Crippen molar-refractivity contribution in [2.24, 2.45) is 0 Å². The quantitative estimate of drug-likeness (QED) is 0.635. The number of benzene rings is 1. The van der Waals surface area contributed by atoms with Crippen molar-refractivity contribution >= 4 is 0 Å². The van der Waals surface area contributed by atoms with Crippen LogP contribution in [0.5, 0.6) is 0 Å². The molecule has 1 aromatic rings. The number of terminal acetylenes is 1. The van der Waals surface area contributed by atoms with Crippen molar-refractivity contribution in [3.05, 3.63) is 48.2 Å². The summed E-state index contributed by atoms with van der Waals surface area (Å²) in [4.78, 5) is 0. The highest BCUT2D eigenvalue weighted by molar-refractivity contribution is 5.23. The first-order valence-electron chi connectivity index (χ1n) is 7.08. The van der Waals surface area contributed by atoms with Gasteiger partial charge in [0.1, 0.15) is 24.4 Å². The third kappa shape index (κ3) is 3.87. The van der Waals surface area contributed by atoms with Crippen molar-refractivity contribution in [1.29, 1.82) is 0 Å². The molecule has 5 nitrogen and oxygen atoms in total. The van der Waals surface area contributed by atoms with Crippen LogP contribution in [-0.4, -0.2) is 41.4 Å². The molecule has 1 aromatic carbocycles. The van der Waals surface area contributed by atoms with E-state index >= 15 is 0 Å². The van der Waals surface area contributed by atoms with E-state index in [0.29, 0.717) is 0 Å². The van der Waals surface area contributed by atoms with Gasteiger partial charge in [-0.3, -0.25) is 0 Å². The van der Waals surface area contributed by atoms with Gasteiger partial charge in [0.25, 0.3) is 0 Å². The van der Waals surface area contributed by atoms with Crippen molar-refractivity contribution in [3.8, 4) is 12.3 Å². The maximum atomic E-state index is 10.3. The lowest BCUT2D eigenvalue weighted by Crippen LogP contribution is -2.54. The summed E-state index contributed by atoms with van der Waals surface area (Å²) in [5.41, 5.74) is 0.779. The lowest BCUT2D eigenvalue weighted by Gasteiger charge is -2.38. The second-order valence-corrected chi connectivity index (χ2v) is 4.92. The minimum Gasteiger partial charge on any atom is -0.470 e. The summed E-state index contributed by atoms with van der Waals surface area (Å²) < 4.78 is 16.2. The number of ether oxygens (including phenoxy) is 3. The summed E-state index contributed by atoms with van der Waals surface area (Å²) in [6.07, 6.45) is 3.99. The number of aliphatic hydroxyl groups is 2. The fourth-order valence-corrected chi connectivity index (χ4v) is 2.22. The molecule has 0 aliphatic carbocycles. The number of rotatable bonds is 5. The highest BCUT2D eigenvalue weighted by Crippen LogP contribution is 2.26. The maximum Gasteiger partial charge on any atom is 0.227 e. The Balaban J connectivity index is 2.09. The summed E-state index contributed by atoms with van der Waals surface area (Å²) in [7, 11) is 0. The van der Waals surface area contributed by atoms with E-state index in [1.165, 1.54) is 6.26 Å². The van der Waals surface area contributed by atoms with Crippen LogP contribution >= 0.6 is 0 Å². The molecular formula is C17H20O5. The van der Waals surface area contributed by atoms with Crippen molar-refractivity contribution in [3.63, 3.8) is 0 Å². The Morgan fingerprint density at radius 1 is 1.36 bits per heavy atom. The number of allylic oxidation sites excluding steroid dienone is 1. The average molecular weight is 304 g/mol. The second kappa shape index (κ2) is 7.97. The Morgan fingerprint density at radius 3 is 2.73 bits per heavy atom. The van der Waals surface area contributed by atoms with Crippen molar-refractivity contribution in [2.45, 2.75) is 37.6 Å². The van der Waals surface area contributed by atoms with Gasteiger partial charge in [-0.1, -0.05) is 42.3 Å². The molecule has 0 spiro atoms. The van der Waals surface area contributed by atoms with Crippen LogP contribution in [0.25, 0.3) is 0 Å². The van der Waals surface area contributed by atoms with Crippen LogP contribution in [0.2, 0.25) is 0 Å². The van der Waals surface area contributed by atoms with Crippen molar-refractivity contribution in [2.75, 3.05) is 6.61 Å². The van der Waals surface area contributed by atoms with E-state index in [9.17, 15) is 10.2 Å². The second-order valence-electron chi connectivity index (χ2n) is 4.92. The zero-order chi connectivity index (χ0) is 15.9. The van der Waals surface area contributed by atoms with Gasteiger partial charge in [0.05, 0.1) is 12.9 Å². The topological polar surface area (TPSA) is 68.2 Å². The third-order valence-corrected chi connectivity index (χ3v) is 3.32. The van der Waals surface area contributed by atoms with Crippen LogP contribution in [0.3, 0.4) is 0 Å². The van der Waals surface area contributed by atoms with Gasteiger partial charge in [0.15, 0.2) is 0 Å². The van der Waals surface area contributed by atoms with Gasteiger partial charge in [-0.15, -0.1) is 6.42 Å². The summed E-state index contributed by atoms with van der Waals surface area (Å²) in [6, 6.07) is 9.22. The molecule has 1 heterocycles. The molecule has 0 saturated carbocycles. The van der Waals surface area contributed by atoms with Gasteiger partial charge in [-0.25, -0.2) is 0 Å². The highest BCUT2D eigenvalue weighted by Gasteiger charge is 2.41. The van der Waals surface area contributed by atoms with Crippen molar-refractivity contribution < 1.29 is 24.4 Å². The lowest BCUT2D eigenvalue weighted by atomic mass is 10.0. The van der Waals surface area contributed by atoms with Gasteiger partial charge < -0.3 is 24.4 Å². The zero-order valence-electron chi connectivity index (χ0n) is 12.3. The molecule has 1 saturated heterocycles. The molecule has 0 bridgehead atoms. The maximum absolute atomic E-state index is 10.3. The molecule has 0 amide bonds. The Bertz CT molecular complexity index is 522. The Morgan fingerprint density at radius 2 is 2.09 bits per heavy atom. The van der Waals surface area contributed by atoms with Crippen LogP contribution in [0.1, 0.15) is 18.6 Å². The fourth-order valence-electron chi connectivity index (χ4n) is 2.22. The van der Waals surface area contributed by atoms with Crippen LogP contribution in [-0.2, 0) is 14.2 Å². The van der Waals surface area contributed by atoms with E-state index in [0.717, 1.165) is 5.56 Å². The SMILES string of the molecule is C#C[C@@H](O[C@@H]1[C@H](O)[C@@H](O/C=C/C)OC[C@H]1O)c1ccccc1. The molecule has 5 heteroatoms. The summed E-state index contributed by atoms with van der Waals surface area (Å²) >= 11 is 0. The first-order valence-corrected chi connectivity index (χ1v) is 7.08. The molecule has 118 valence electrons. The summed E-state index contributed by atoms with van der Waals surface area (Å²) in [5.74, 6) is 2.52. The largest absolute Gasteiger partial charge is 0.470 e. The van der Waals surface area contributed by atoms with E-state index in [4.69, 9.17) is 20.6 Å². The van der Waals surface area contributed by atoms with Crippen LogP contribution in [0.15, 0.2) is 42.7 Å². The normalized spacial score (nSPS) is 29.9. The monoisotopic (exact) mass is 304 g/mol. The molecule has 2 rings (SSSR count). The lowest BCUT2D eigenvalue weighted by molar-refractivity contribution is -0.268. The van der Waals surface area contributed by atoms with Gasteiger partial charge >= 0.3 is 0 Å². The number of hydrogen-bond donors (Lipinski definition) is 2. The molecule has 22 heavy (non-hydrogen) atoms. The molecule has 5 atom stereocenters. The molecule has 2 N–H and O–H groups in total. The van der Waals surface area contributed by atoms with E-state index in [1.807, 2.05) is 30.3 Å². The van der Waals surface area contributed by atoms with E-state index in [1.54, 1.807) is 13.0 Å². The van der Waals surface area contributed by atoms with Gasteiger partial charge in [0.2, 0.25) is 6.29 Å². The average Bonchev–Trinajstić information content (AvgIpc) is 2.55. The Labute approximate surface area is 130 Å². The summed E-state index contributed by atoms with van der Waals surface area (Å²) in [6.45, 7) is 1.78. The Kier molecular flexibility index (Phi) is 5.99. The molecule has 0 aromatic heterocycles. The molecule has 0 unspecified atom stereocenters. The number of hydrogen-bond acceptors (Lipinski definition) is 5. The molecule has 0 radical (unpaired) electrons. The van der Waals surface area contributed by atoms with E-state index in [-0.39, 0.29) is 6.61 Å². The van der Waals surface area contributed by atoms with Crippen LogP contribution < -0.4 is 0 Å². The molecule has 1 aliphatic heterocycles. The van der Waals surface area contributed by atoms with Gasteiger partial charge in [-0.2, -0.15) is 0 Å². The molecule has 1 fully saturated rings. The minimum absolute atomic E-state index is 0.00394. The smallest absolute Gasteiger partial charge is 0.227 e. The van der Waals surface area contributed by atoms with Crippen LogP contribution in [0.4, 0.5) is 0 Å². The Hall–Kier alpha value is -1.84.